The van der Waals surface area contributed by atoms with E-state index < -0.39 is 24.0 Å². The number of ether oxygens (including phenoxy) is 4. The molecule has 3 aromatic rings. The van der Waals surface area contributed by atoms with Gasteiger partial charge in [-0.25, -0.2) is 9.96 Å². The Kier molecular flexibility index (Phi) is 6.62. The number of hydroxylamine groups is 1. The van der Waals surface area contributed by atoms with Crippen LogP contribution in [0, 0.1) is 5.92 Å². The normalized spacial score (nSPS) is 20.7. The maximum atomic E-state index is 14.0. The Labute approximate surface area is 215 Å². The van der Waals surface area contributed by atoms with Crippen molar-refractivity contribution in [2.24, 2.45) is 5.92 Å². The van der Waals surface area contributed by atoms with E-state index in [0.717, 1.165) is 0 Å². The number of carbonyl (C=O) groups is 2. The number of amides is 2. The number of methoxy groups -OCH3 is 3. The van der Waals surface area contributed by atoms with E-state index in [4.69, 9.17) is 23.8 Å². The lowest BCUT2D eigenvalue weighted by Crippen LogP contribution is -2.37. The number of hydrogen-bond acceptors (Lipinski definition) is 8. The third kappa shape index (κ3) is 3.92. The average molecular weight is 505 g/mol. The number of imide groups is 1. The van der Waals surface area contributed by atoms with Gasteiger partial charge in [-0.15, -0.1) is 0 Å². The van der Waals surface area contributed by atoms with E-state index in [1.54, 1.807) is 41.5 Å². The molecular weight excluding hydrogens is 476 g/mol. The third-order valence-electron chi connectivity index (χ3n) is 6.59. The Morgan fingerprint density at radius 3 is 2.16 bits per heavy atom. The lowest BCUT2D eigenvalue weighted by molar-refractivity contribution is -0.126. The minimum atomic E-state index is -1.04. The van der Waals surface area contributed by atoms with Gasteiger partial charge < -0.3 is 18.9 Å². The number of carbonyl (C=O) groups excluding carboxylic acids is 2. The summed E-state index contributed by atoms with van der Waals surface area (Å²) in [5.41, 5.74) is 1.71. The van der Waals surface area contributed by atoms with E-state index in [9.17, 15) is 9.59 Å². The van der Waals surface area contributed by atoms with E-state index in [-0.39, 0.29) is 5.91 Å². The second-order valence-corrected chi connectivity index (χ2v) is 8.49. The van der Waals surface area contributed by atoms with Gasteiger partial charge in [-0.2, -0.15) is 0 Å². The van der Waals surface area contributed by atoms with Crippen molar-refractivity contribution >= 4 is 23.2 Å². The van der Waals surface area contributed by atoms with Crippen LogP contribution in [0.1, 0.15) is 18.5 Å². The summed E-state index contributed by atoms with van der Waals surface area (Å²) >= 11 is 0. The number of hydrogen-bond donors (Lipinski definition) is 0. The van der Waals surface area contributed by atoms with Gasteiger partial charge in [0.1, 0.15) is 17.7 Å². The number of anilines is 2. The Balaban J connectivity index is 1.66. The first kappa shape index (κ1) is 24.5. The molecule has 0 aromatic heterocycles. The summed E-state index contributed by atoms with van der Waals surface area (Å²) < 4.78 is 22.5. The summed E-state index contributed by atoms with van der Waals surface area (Å²) in [5, 5.41) is 1.61. The van der Waals surface area contributed by atoms with Crippen molar-refractivity contribution in [3.05, 3.63) is 72.3 Å². The van der Waals surface area contributed by atoms with Crippen LogP contribution in [0.2, 0.25) is 0 Å². The second kappa shape index (κ2) is 10.0. The fourth-order valence-corrected chi connectivity index (χ4v) is 5.04. The molecule has 3 atom stereocenters. The molecule has 2 amide bonds. The van der Waals surface area contributed by atoms with E-state index >= 15 is 0 Å². The molecule has 0 N–H and O–H groups in total. The SMILES string of the molecule is CCOc1ccccc1N1C(=O)[C@@H]2[C@H](ON(c3ccccc3)[C@@H]2c2ccc(OC)c(OC)c2OC)C1=O. The van der Waals surface area contributed by atoms with Crippen molar-refractivity contribution in [1.82, 2.24) is 0 Å². The second-order valence-electron chi connectivity index (χ2n) is 8.49. The van der Waals surface area contributed by atoms with Crippen LogP contribution in [0.15, 0.2) is 66.7 Å². The molecule has 3 aromatic carbocycles. The van der Waals surface area contributed by atoms with Crippen molar-refractivity contribution in [2.45, 2.75) is 19.1 Å². The maximum Gasteiger partial charge on any atom is 0.266 e. The Morgan fingerprint density at radius 1 is 0.784 bits per heavy atom. The monoisotopic (exact) mass is 504 g/mol. The van der Waals surface area contributed by atoms with Gasteiger partial charge in [0, 0.05) is 5.56 Å². The van der Waals surface area contributed by atoms with Crippen LogP contribution >= 0.6 is 0 Å². The molecule has 0 spiro atoms. The molecular formula is C28H28N2O7. The zero-order valence-electron chi connectivity index (χ0n) is 21.0. The smallest absolute Gasteiger partial charge is 0.266 e. The van der Waals surface area contributed by atoms with Crippen LogP contribution in [-0.4, -0.2) is 45.9 Å². The predicted molar refractivity (Wildman–Crippen MR) is 136 cm³/mol. The highest BCUT2D eigenvalue weighted by molar-refractivity contribution is 6.24. The summed E-state index contributed by atoms with van der Waals surface area (Å²) in [5.74, 6) is 0.0133. The van der Waals surface area contributed by atoms with Crippen LogP contribution in [0.5, 0.6) is 23.0 Å². The van der Waals surface area contributed by atoms with Crippen molar-refractivity contribution in [1.29, 1.82) is 0 Å². The number of benzene rings is 3. The molecule has 0 aliphatic carbocycles. The van der Waals surface area contributed by atoms with Gasteiger partial charge in [0.05, 0.1) is 39.3 Å². The maximum absolute atomic E-state index is 14.0. The van der Waals surface area contributed by atoms with Gasteiger partial charge in [0.15, 0.2) is 17.6 Å². The van der Waals surface area contributed by atoms with Crippen LogP contribution in [0.4, 0.5) is 11.4 Å². The molecule has 5 rings (SSSR count). The number of para-hydroxylation sites is 3. The van der Waals surface area contributed by atoms with Crippen molar-refractivity contribution in [3.8, 4) is 23.0 Å². The lowest BCUT2D eigenvalue weighted by Gasteiger charge is -2.30. The van der Waals surface area contributed by atoms with E-state index in [0.29, 0.717) is 46.5 Å². The summed E-state index contributed by atoms with van der Waals surface area (Å²) in [7, 11) is 4.58. The summed E-state index contributed by atoms with van der Waals surface area (Å²) in [6.45, 7) is 2.24. The predicted octanol–water partition coefficient (Wildman–Crippen LogP) is 4.16. The number of nitrogens with zero attached hydrogens (tertiary/aromatic N) is 2. The largest absolute Gasteiger partial charge is 0.493 e. The summed E-state index contributed by atoms with van der Waals surface area (Å²) in [6, 6.07) is 19.2. The Bertz CT molecular complexity index is 1310. The van der Waals surface area contributed by atoms with Crippen LogP contribution < -0.4 is 28.9 Å². The zero-order valence-corrected chi connectivity index (χ0v) is 21.0. The van der Waals surface area contributed by atoms with Gasteiger partial charge in [-0.05, 0) is 43.3 Å². The highest BCUT2D eigenvalue weighted by Crippen LogP contribution is 2.53. The molecule has 37 heavy (non-hydrogen) atoms. The number of fused-ring (bicyclic) bond motifs is 1. The van der Waals surface area contributed by atoms with Crippen molar-refractivity contribution in [3.63, 3.8) is 0 Å². The van der Waals surface area contributed by atoms with Gasteiger partial charge in [-0.3, -0.25) is 14.4 Å². The third-order valence-corrected chi connectivity index (χ3v) is 6.59. The molecule has 0 radical (unpaired) electrons. The van der Waals surface area contributed by atoms with Crippen molar-refractivity contribution < 1.29 is 33.4 Å². The fourth-order valence-electron chi connectivity index (χ4n) is 5.04. The molecule has 2 heterocycles. The molecule has 0 saturated carbocycles. The Morgan fingerprint density at radius 2 is 1.49 bits per heavy atom. The molecule has 0 bridgehead atoms. The first-order valence-electron chi connectivity index (χ1n) is 11.9. The van der Waals surface area contributed by atoms with E-state index in [2.05, 4.69) is 0 Å². The minimum absolute atomic E-state index is 0.384. The van der Waals surface area contributed by atoms with Crippen LogP contribution in [0.3, 0.4) is 0 Å². The number of rotatable bonds is 8. The molecule has 192 valence electrons. The molecule has 2 fully saturated rings. The fraction of sp³-hybridized carbons (Fsp3) is 0.286. The van der Waals surface area contributed by atoms with Crippen molar-refractivity contribution in [2.75, 3.05) is 37.9 Å². The zero-order chi connectivity index (χ0) is 26.1. The van der Waals surface area contributed by atoms with Gasteiger partial charge in [0.25, 0.3) is 5.91 Å². The highest BCUT2D eigenvalue weighted by Gasteiger charge is 2.61. The molecule has 9 nitrogen and oxygen atoms in total. The Hall–Kier alpha value is -4.24. The first-order chi connectivity index (χ1) is 18.0. The van der Waals surface area contributed by atoms with E-state index in [1.807, 2.05) is 37.3 Å². The van der Waals surface area contributed by atoms with Crippen LogP contribution in [0.25, 0.3) is 0 Å². The summed E-state index contributed by atoms with van der Waals surface area (Å²) in [6.07, 6.45) is -1.04. The van der Waals surface area contributed by atoms with Gasteiger partial charge in [-0.1, -0.05) is 30.3 Å². The molecule has 2 saturated heterocycles. The van der Waals surface area contributed by atoms with E-state index in [1.165, 1.54) is 26.2 Å². The first-order valence-corrected chi connectivity index (χ1v) is 11.9. The highest BCUT2D eigenvalue weighted by atomic mass is 16.7. The standard InChI is InChI=1S/C28H28N2O7/c1-5-36-20-14-10-9-13-19(20)29-27(31)22-23(18-15-16-21(33-2)25(35-4)24(18)34-3)30(37-26(22)28(29)32)17-11-7-6-8-12-17/h6-16,22-23,26H,5H2,1-4H3/t22-,23+,26-/m0/s1. The summed E-state index contributed by atoms with van der Waals surface area (Å²) in [4.78, 5) is 35.2. The molecule has 2 aliphatic rings. The molecule has 0 unspecified atom stereocenters. The lowest BCUT2D eigenvalue weighted by atomic mass is 9.89. The topological polar surface area (TPSA) is 86.8 Å². The van der Waals surface area contributed by atoms with Crippen LogP contribution in [-0.2, 0) is 14.4 Å². The quantitative estimate of drug-likeness (QED) is 0.423. The molecule has 2 aliphatic heterocycles. The average Bonchev–Trinajstić information content (AvgIpc) is 3.44. The van der Waals surface area contributed by atoms with Gasteiger partial charge in [0.2, 0.25) is 11.7 Å². The molecule has 9 heteroatoms. The minimum Gasteiger partial charge on any atom is -0.493 e. The van der Waals surface area contributed by atoms with Gasteiger partial charge >= 0.3 is 0 Å².